The van der Waals surface area contributed by atoms with Crippen LogP contribution in [0, 0.1) is 0 Å². The van der Waals surface area contributed by atoms with Crippen LogP contribution in [0.2, 0.25) is 5.28 Å². The van der Waals surface area contributed by atoms with Crippen LogP contribution in [0.25, 0.3) is 10.9 Å². The molecule has 2 rings (SSSR count). The van der Waals surface area contributed by atoms with Crippen LogP contribution in [0.4, 0.5) is 13.2 Å². The van der Waals surface area contributed by atoms with E-state index in [1.807, 2.05) is 0 Å². The van der Waals surface area contributed by atoms with Crippen molar-refractivity contribution in [2.24, 2.45) is 5.73 Å². The predicted molar refractivity (Wildman–Crippen MR) is 60.2 cm³/mol. The van der Waals surface area contributed by atoms with Gasteiger partial charge in [0, 0.05) is 0 Å². The van der Waals surface area contributed by atoms with Gasteiger partial charge in [-0.1, -0.05) is 6.07 Å². The minimum absolute atomic E-state index is 0.107. The number of hydrogen-bond donors (Lipinski definition) is 1. The van der Waals surface area contributed by atoms with Gasteiger partial charge in [-0.2, -0.15) is 13.2 Å². The maximum Gasteiger partial charge on any atom is 0.417 e. The Labute approximate surface area is 104 Å². The molecule has 0 saturated heterocycles. The van der Waals surface area contributed by atoms with Crippen LogP contribution in [0.3, 0.4) is 0 Å². The Morgan fingerprint density at radius 3 is 2.61 bits per heavy atom. The average Bonchev–Trinajstić information content (AvgIpc) is 2.27. The van der Waals surface area contributed by atoms with Crippen LogP contribution < -0.4 is 11.3 Å². The number of alkyl halides is 3. The van der Waals surface area contributed by atoms with E-state index in [0.717, 1.165) is 10.6 Å². The summed E-state index contributed by atoms with van der Waals surface area (Å²) in [6, 6.07) is 3.28. The van der Waals surface area contributed by atoms with Crippen molar-refractivity contribution in [3.63, 3.8) is 0 Å². The molecule has 0 atom stereocenters. The highest BCUT2D eigenvalue weighted by Gasteiger charge is 2.34. The molecule has 0 saturated carbocycles. The molecule has 0 amide bonds. The molecule has 2 N–H and O–H groups in total. The SMILES string of the molecule is NCn1c(Cl)nc2cccc(C(F)(F)F)c2c1=O. The van der Waals surface area contributed by atoms with Gasteiger partial charge in [0.1, 0.15) is 0 Å². The summed E-state index contributed by atoms with van der Waals surface area (Å²) in [6.45, 7) is -0.340. The van der Waals surface area contributed by atoms with E-state index in [1.165, 1.54) is 12.1 Å². The fourth-order valence-corrected chi connectivity index (χ4v) is 1.87. The summed E-state index contributed by atoms with van der Waals surface area (Å²) in [5.41, 5.74) is 3.20. The zero-order valence-corrected chi connectivity index (χ0v) is 9.59. The zero-order chi connectivity index (χ0) is 13.5. The summed E-state index contributed by atoms with van der Waals surface area (Å²) in [6.07, 6.45) is -4.64. The Balaban J connectivity index is 2.97. The minimum Gasteiger partial charge on any atom is -0.313 e. The van der Waals surface area contributed by atoms with E-state index in [4.69, 9.17) is 17.3 Å². The lowest BCUT2D eigenvalue weighted by molar-refractivity contribution is -0.136. The lowest BCUT2D eigenvalue weighted by Crippen LogP contribution is -2.27. The Bertz CT molecular complexity index is 666. The van der Waals surface area contributed by atoms with Gasteiger partial charge in [-0.25, -0.2) is 4.98 Å². The summed E-state index contributed by atoms with van der Waals surface area (Å²) in [4.78, 5) is 15.6. The number of hydrogen-bond acceptors (Lipinski definition) is 3. The maximum absolute atomic E-state index is 12.8. The van der Waals surface area contributed by atoms with E-state index in [-0.39, 0.29) is 17.5 Å². The second-order valence-electron chi connectivity index (χ2n) is 3.49. The van der Waals surface area contributed by atoms with Gasteiger partial charge in [0.15, 0.2) is 0 Å². The number of rotatable bonds is 1. The van der Waals surface area contributed by atoms with Gasteiger partial charge in [0.25, 0.3) is 5.56 Å². The summed E-state index contributed by atoms with van der Waals surface area (Å²) in [5, 5.41) is -0.769. The molecule has 2 aromatic rings. The molecule has 96 valence electrons. The molecule has 4 nitrogen and oxygen atoms in total. The third-order valence-corrected chi connectivity index (χ3v) is 2.71. The van der Waals surface area contributed by atoms with Gasteiger partial charge in [-0.15, -0.1) is 0 Å². The summed E-state index contributed by atoms with van der Waals surface area (Å²) < 4.78 is 39.2. The first kappa shape index (κ1) is 12.8. The summed E-state index contributed by atoms with van der Waals surface area (Å²) in [5.74, 6) is 0. The first-order valence-electron chi connectivity index (χ1n) is 4.82. The van der Waals surface area contributed by atoms with Crippen LogP contribution in [-0.4, -0.2) is 9.55 Å². The molecule has 0 spiro atoms. The maximum atomic E-state index is 12.8. The van der Waals surface area contributed by atoms with Gasteiger partial charge in [-0.05, 0) is 23.7 Å². The fraction of sp³-hybridized carbons (Fsp3) is 0.200. The van der Waals surface area contributed by atoms with E-state index >= 15 is 0 Å². The van der Waals surface area contributed by atoms with Crippen LogP contribution in [0.15, 0.2) is 23.0 Å². The molecule has 0 unspecified atom stereocenters. The van der Waals surface area contributed by atoms with E-state index in [1.54, 1.807) is 0 Å². The molecule has 1 aromatic carbocycles. The molecule has 0 radical (unpaired) electrons. The molecule has 0 bridgehead atoms. The number of halogens is 4. The third-order valence-electron chi connectivity index (χ3n) is 2.42. The number of aromatic nitrogens is 2. The second-order valence-corrected chi connectivity index (χ2v) is 3.83. The van der Waals surface area contributed by atoms with Crippen molar-refractivity contribution >= 4 is 22.5 Å². The molecule has 0 fully saturated rings. The van der Waals surface area contributed by atoms with Gasteiger partial charge < -0.3 is 5.73 Å². The fourth-order valence-electron chi connectivity index (χ4n) is 1.63. The largest absolute Gasteiger partial charge is 0.417 e. The molecular weight excluding hydrogens is 271 g/mol. The molecule has 0 aliphatic rings. The standard InChI is InChI=1S/C10H7ClF3N3O/c11-9-16-6-3-1-2-5(10(12,13)14)7(6)8(18)17(9)4-15/h1-3H,4,15H2. The predicted octanol–water partition coefficient (Wildman–Crippen LogP) is 1.98. The Kier molecular flexibility index (Phi) is 3.04. The van der Waals surface area contributed by atoms with Crippen molar-refractivity contribution in [1.29, 1.82) is 0 Å². The molecule has 1 heterocycles. The molecule has 8 heteroatoms. The van der Waals surface area contributed by atoms with E-state index in [2.05, 4.69) is 4.98 Å². The lowest BCUT2D eigenvalue weighted by atomic mass is 10.1. The number of fused-ring (bicyclic) bond motifs is 1. The van der Waals surface area contributed by atoms with Crippen molar-refractivity contribution in [3.8, 4) is 0 Å². The number of nitrogens with two attached hydrogens (primary N) is 1. The molecule has 1 aromatic heterocycles. The molecule has 0 aliphatic carbocycles. The normalized spacial score (nSPS) is 12.1. The van der Waals surface area contributed by atoms with Crippen LogP contribution in [0.1, 0.15) is 5.56 Å². The zero-order valence-electron chi connectivity index (χ0n) is 8.83. The van der Waals surface area contributed by atoms with E-state index < -0.39 is 22.7 Å². The monoisotopic (exact) mass is 277 g/mol. The Morgan fingerprint density at radius 2 is 2.06 bits per heavy atom. The quantitative estimate of drug-likeness (QED) is 0.811. The minimum atomic E-state index is -4.64. The van der Waals surface area contributed by atoms with Crippen molar-refractivity contribution in [2.45, 2.75) is 12.8 Å². The molecule has 18 heavy (non-hydrogen) atoms. The van der Waals surface area contributed by atoms with Crippen molar-refractivity contribution in [3.05, 3.63) is 39.4 Å². The van der Waals surface area contributed by atoms with Crippen LogP contribution in [-0.2, 0) is 12.8 Å². The Morgan fingerprint density at radius 1 is 1.39 bits per heavy atom. The topological polar surface area (TPSA) is 60.9 Å². The van der Waals surface area contributed by atoms with Crippen molar-refractivity contribution in [1.82, 2.24) is 9.55 Å². The van der Waals surface area contributed by atoms with Crippen LogP contribution in [0.5, 0.6) is 0 Å². The first-order chi connectivity index (χ1) is 8.36. The van der Waals surface area contributed by atoms with Gasteiger partial charge >= 0.3 is 6.18 Å². The average molecular weight is 278 g/mol. The molecule has 0 aliphatic heterocycles. The first-order valence-corrected chi connectivity index (χ1v) is 5.20. The number of benzene rings is 1. The van der Waals surface area contributed by atoms with Crippen LogP contribution >= 0.6 is 11.6 Å². The van der Waals surface area contributed by atoms with Gasteiger partial charge in [0.2, 0.25) is 5.28 Å². The summed E-state index contributed by atoms with van der Waals surface area (Å²) >= 11 is 5.67. The number of nitrogens with zero attached hydrogens (tertiary/aromatic N) is 2. The smallest absolute Gasteiger partial charge is 0.313 e. The van der Waals surface area contributed by atoms with Gasteiger partial charge in [-0.3, -0.25) is 9.36 Å². The third kappa shape index (κ3) is 1.95. The lowest BCUT2D eigenvalue weighted by Gasteiger charge is -2.11. The van der Waals surface area contributed by atoms with Crippen molar-refractivity contribution in [2.75, 3.05) is 0 Å². The van der Waals surface area contributed by atoms with E-state index in [9.17, 15) is 18.0 Å². The van der Waals surface area contributed by atoms with Crippen molar-refractivity contribution < 1.29 is 13.2 Å². The summed E-state index contributed by atoms with van der Waals surface area (Å²) in [7, 11) is 0. The highest BCUT2D eigenvalue weighted by molar-refractivity contribution is 6.28. The van der Waals surface area contributed by atoms with Gasteiger partial charge in [0.05, 0.1) is 23.1 Å². The van der Waals surface area contributed by atoms with E-state index in [0.29, 0.717) is 0 Å². The second kappa shape index (κ2) is 4.25. The molecular formula is C10H7ClF3N3O. The Hall–Kier alpha value is -1.60. The highest BCUT2D eigenvalue weighted by Crippen LogP contribution is 2.32. The highest BCUT2D eigenvalue weighted by atomic mass is 35.5.